The number of nitrogen functional groups attached to an aromatic ring is 1. The number of nitrogens with one attached hydrogen (secondary N) is 2. The lowest BCUT2D eigenvalue weighted by atomic mass is 10.3. The predicted octanol–water partition coefficient (Wildman–Crippen LogP) is 1.46. The molecule has 0 fully saturated rings. The summed E-state index contributed by atoms with van der Waals surface area (Å²) in [5.74, 6) is 1.45. The quantitative estimate of drug-likeness (QED) is 0.414. The Morgan fingerprint density at radius 3 is 2.83 bits per heavy atom. The number of hydrogen-bond acceptors (Lipinski definition) is 6. The number of anilines is 1. The highest BCUT2D eigenvalue weighted by atomic mass is 16.5. The van der Waals surface area contributed by atoms with E-state index in [1.165, 1.54) is 0 Å². The van der Waals surface area contributed by atoms with Crippen LogP contribution in [0.1, 0.15) is 35.9 Å². The van der Waals surface area contributed by atoms with E-state index >= 15 is 0 Å². The Morgan fingerprint density at radius 1 is 1.33 bits per heavy atom. The summed E-state index contributed by atoms with van der Waals surface area (Å²) >= 11 is 0. The van der Waals surface area contributed by atoms with Crippen LogP contribution in [-0.2, 0) is 19.6 Å². The van der Waals surface area contributed by atoms with Crippen molar-refractivity contribution in [1.29, 1.82) is 0 Å². The summed E-state index contributed by atoms with van der Waals surface area (Å²) < 4.78 is 9.73. The van der Waals surface area contributed by atoms with E-state index in [1.54, 1.807) is 14.0 Å². The molecule has 0 bridgehead atoms. The van der Waals surface area contributed by atoms with Gasteiger partial charge in [-0.3, -0.25) is 9.89 Å². The minimum atomic E-state index is -0.379. The monoisotopic (exact) mass is 409 g/mol. The first-order valence-corrected chi connectivity index (χ1v) is 9.83. The van der Waals surface area contributed by atoms with Gasteiger partial charge in [0, 0.05) is 6.07 Å². The maximum Gasteiger partial charge on any atom is 0.277 e. The molecule has 0 aliphatic heterocycles. The number of nitrogens with two attached hydrogens (primary N) is 1. The number of aromatic amines is 1. The largest absolute Gasteiger partial charge is 0.497 e. The summed E-state index contributed by atoms with van der Waals surface area (Å²) in [4.78, 5) is 21.4. The van der Waals surface area contributed by atoms with Gasteiger partial charge in [-0.2, -0.15) is 5.10 Å². The van der Waals surface area contributed by atoms with Gasteiger partial charge >= 0.3 is 0 Å². The minimum Gasteiger partial charge on any atom is -0.497 e. The van der Waals surface area contributed by atoms with Crippen LogP contribution in [0.4, 0.5) is 5.82 Å². The number of ether oxygens (including phenoxy) is 1. The lowest BCUT2D eigenvalue weighted by Gasteiger charge is -2.07. The van der Waals surface area contributed by atoms with Crippen molar-refractivity contribution in [2.45, 2.75) is 40.4 Å². The molecule has 10 heteroatoms. The van der Waals surface area contributed by atoms with Gasteiger partial charge in [0.1, 0.15) is 17.8 Å². The molecule has 0 radical (unpaired) electrons. The molecule has 1 aromatic carbocycles. The SMILES string of the molecule is CCn1c(CNC(=O)c2nc3c(C)n[nH]c3nc2N)[n+](CC)c2ccc(OC)cc21. The lowest BCUT2D eigenvalue weighted by Crippen LogP contribution is -2.40. The molecule has 0 aliphatic carbocycles. The molecule has 0 unspecified atom stereocenters. The molecule has 1 amide bonds. The Labute approximate surface area is 173 Å². The third-order valence-corrected chi connectivity index (χ3v) is 5.24. The molecule has 0 spiro atoms. The number of hydrogen-bond donors (Lipinski definition) is 3. The molecule has 4 rings (SSSR count). The fourth-order valence-corrected chi connectivity index (χ4v) is 3.77. The highest BCUT2D eigenvalue weighted by Crippen LogP contribution is 2.21. The van der Waals surface area contributed by atoms with Crippen molar-refractivity contribution in [1.82, 2.24) is 30.0 Å². The summed E-state index contributed by atoms with van der Waals surface area (Å²) in [5, 5.41) is 9.76. The number of aryl methyl sites for hydroxylation is 3. The van der Waals surface area contributed by atoms with E-state index in [9.17, 15) is 4.79 Å². The molecular formula is C20H25N8O2+. The molecule has 4 N–H and O–H groups in total. The number of fused-ring (bicyclic) bond motifs is 2. The van der Waals surface area contributed by atoms with Crippen molar-refractivity contribution >= 4 is 33.9 Å². The van der Waals surface area contributed by atoms with Crippen molar-refractivity contribution < 1.29 is 14.1 Å². The molecule has 30 heavy (non-hydrogen) atoms. The molecule has 0 saturated heterocycles. The number of imidazole rings is 1. The van der Waals surface area contributed by atoms with Crippen LogP contribution in [0.5, 0.6) is 5.75 Å². The number of amides is 1. The standard InChI is InChI=1S/C20H24N8O2/c1-5-27-13-8-7-12(30-4)9-14(13)28(6-2)15(27)10-22-20(29)17-18(21)24-19-16(23-17)11(3)25-26-19/h7-9H,5-6,10H2,1-4H3,(H3-,21,22,23,24,25,26,29)/p+1. The fourth-order valence-electron chi connectivity index (χ4n) is 3.77. The van der Waals surface area contributed by atoms with E-state index in [4.69, 9.17) is 10.5 Å². The number of H-pyrrole nitrogens is 1. The summed E-state index contributed by atoms with van der Waals surface area (Å²) in [6.45, 7) is 7.79. The lowest BCUT2D eigenvalue weighted by molar-refractivity contribution is -0.676. The van der Waals surface area contributed by atoms with Gasteiger partial charge in [0.2, 0.25) is 0 Å². The number of nitrogens with zero attached hydrogens (tertiary/aromatic N) is 5. The summed E-state index contributed by atoms with van der Waals surface area (Å²) in [6.07, 6.45) is 0. The number of carbonyl (C=O) groups is 1. The van der Waals surface area contributed by atoms with Gasteiger partial charge in [-0.15, -0.1) is 0 Å². The zero-order valence-corrected chi connectivity index (χ0v) is 17.5. The number of benzene rings is 1. The molecule has 156 valence electrons. The summed E-state index contributed by atoms with van der Waals surface area (Å²) in [6, 6.07) is 5.99. The third kappa shape index (κ3) is 3.10. The average Bonchev–Trinajstić information content (AvgIpc) is 3.26. The van der Waals surface area contributed by atoms with Gasteiger partial charge in [0.05, 0.1) is 25.9 Å². The van der Waals surface area contributed by atoms with Crippen LogP contribution in [0.25, 0.3) is 22.2 Å². The highest BCUT2D eigenvalue weighted by molar-refractivity contribution is 5.98. The van der Waals surface area contributed by atoms with Crippen LogP contribution in [-0.4, -0.2) is 37.7 Å². The van der Waals surface area contributed by atoms with Crippen molar-refractivity contribution in [3.63, 3.8) is 0 Å². The predicted molar refractivity (Wildman–Crippen MR) is 112 cm³/mol. The van der Waals surface area contributed by atoms with Crippen LogP contribution in [0.15, 0.2) is 18.2 Å². The van der Waals surface area contributed by atoms with Crippen molar-refractivity contribution in [2.75, 3.05) is 12.8 Å². The first-order valence-electron chi connectivity index (χ1n) is 9.83. The average molecular weight is 409 g/mol. The van der Waals surface area contributed by atoms with Gasteiger partial charge in [0.25, 0.3) is 11.7 Å². The topological polar surface area (TPSA) is 128 Å². The van der Waals surface area contributed by atoms with Gasteiger partial charge in [-0.1, -0.05) is 0 Å². The van der Waals surface area contributed by atoms with Gasteiger partial charge in [-0.25, -0.2) is 19.1 Å². The number of methoxy groups -OCH3 is 1. The van der Waals surface area contributed by atoms with Crippen molar-refractivity contribution in [3.05, 3.63) is 35.4 Å². The molecule has 0 aliphatic rings. The van der Waals surface area contributed by atoms with Gasteiger partial charge < -0.3 is 15.8 Å². The molecule has 4 aromatic rings. The summed E-state index contributed by atoms with van der Waals surface area (Å²) in [5.41, 5.74) is 9.85. The maximum atomic E-state index is 12.9. The molecular weight excluding hydrogens is 384 g/mol. The van der Waals surface area contributed by atoms with Crippen molar-refractivity contribution in [2.24, 2.45) is 0 Å². The van der Waals surface area contributed by atoms with Crippen LogP contribution in [0, 0.1) is 6.92 Å². The normalized spacial score (nSPS) is 11.3. The zero-order valence-electron chi connectivity index (χ0n) is 17.5. The van der Waals surface area contributed by atoms with Crippen molar-refractivity contribution in [3.8, 4) is 5.75 Å². The highest BCUT2D eigenvalue weighted by Gasteiger charge is 2.25. The second-order valence-electron chi connectivity index (χ2n) is 6.91. The van der Waals surface area contributed by atoms with Gasteiger partial charge in [0.15, 0.2) is 28.2 Å². The first-order chi connectivity index (χ1) is 14.5. The smallest absolute Gasteiger partial charge is 0.277 e. The minimum absolute atomic E-state index is 0.0628. The van der Waals surface area contributed by atoms with E-state index in [2.05, 4.69) is 48.5 Å². The summed E-state index contributed by atoms with van der Waals surface area (Å²) in [7, 11) is 1.65. The number of rotatable bonds is 6. The van der Waals surface area contributed by atoms with Gasteiger partial charge in [-0.05, 0) is 32.9 Å². The fraction of sp³-hybridized carbons (Fsp3) is 0.350. The Morgan fingerprint density at radius 2 is 2.13 bits per heavy atom. The maximum absolute atomic E-state index is 12.9. The molecule has 3 aromatic heterocycles. The second kappa shape index (κ2) is 7.62. The van der Waals surface area contributed by atoms with E-state index in [1.807, 2.05) is 18.2 Å². The van der Waals surface area contributed by atoms with E-state index in [0.29, 0.717) is 23.4 Å². The van der Waals surface area contributed by atoms with Crippen LogP contribution >= 0.6 is 0 Å². The van der Waals surface area contributed by atoms with Crippen LogP contribution in [0.3, 0.4) is 0 Å². The Kier molecular flexibility index (Phi) is 4.98. The van der Waals surface area contributed by atoms with E-state index < -0.39 is 0 Å². The van der Waals surface area contributed by atoms with Crippen LogP contribution in [0.2, 0.25) is 0 Å². The molecule has 0 atom stereocenters. The Hall–Kier alpha value is -3.69. The third-order valence-electron chi connectivity index (χ3n) is 5.24. The zero-order chi connectivity index (χ0) is 21.4. The molecule has 3 heterocycles. The molecule has 10 nitrogen and oxygen atoms in total. The Balaban J connectivity index is 1.68. The number of carbonyl (C=O) groups excluding carboxylic acids is 1. The Bertz CT molecular complexity index is 1260. The molecule has 0 saturated carbocycles. The first kappa shape index (κ1) is 19.6. The van der Waals surface area contributed by atoms with E-state index in [-0.39, 0.29) is 17.4 Å². The number of aromatic nitrogens is 6. The second-order valence-corrected chi connectivity index (χ2v) is 6.91. The van der Waals surface area contributed by atoms with E-state index in [0.717, 1.165) is 35.7 Å². The van der Waals surface area contributed by atoms with Crippen LogP contribution < -0.4 is 20.4 Å².